The Labute approximate surface area is 119 Å². The van der Waals surface area contributed by atoms with Crippen molar-refractivity contribution in [1.29, 1.82) is 0 Å². The van der Waals surface area contributed by atoms with Crippen LogP contribution in [0.5, 0.6) is 5.75 Å². The van der Waals surface area contributed by atoms with Crippen molar-refractivity contribution in [3.8, 4) is 5.75 Å². The zero-order chi connectivity index (χ0) is 13.8. The number of nitrogens with two attached hydrogens (primary N) is 1. The number of nitrogen functional groups attached to an aromatic ring is 1. The Morgan fingerprint density at radius 1 is 1.26 bits per heavy atom. The highest BCUT2D eigenvalue weighted by Gasteiger charge is 2.10. The molecule has 0 atom stereocenters. The summed E-state index contributed by atoms with van der Waals surface area (Å²) in [5.41, 5.74) is 7.43. The Kier molecular flexibility index (Phi) is 4.06. The molecule has 0 heterocycles. The lowest BCUT2D eigenvalue weighted by Crippen LogP contribution is -2.13. The number of nitrogens with one attached hydrogen (secondary N) is 1. The third kappa shape index (κ3) is 3.06. The van der Waals surface area contributed by atoms with E-state index in [1.807, 2.05) is 12.1 Å². The second-order valence-corrected chi connectivity index (χ2v) is 4.75. The lowest BCUT2D eigenvalue weighted by molar-refractivity contribution is 0.102. The summed E-state index contributed by atoms with van der Waals surface area (Å²) in [5, 5.41) is 2.77. The van der Waals surface area contributed by atoms with Gasteiger partial charge in [0.05, 0.1) is 23.0 Å². The molecule has 0 aromatic heterocycles. The van der Waals surface area contributed by atoms with Crippen molar-refractivity contribution in [2.75, 3.05) is 18.2 Å². The van der Waals surface area contributed by atoms with E-state index < -0.39 is 0 Å². The summed E-state index contributed by atoms with van der Waals surface area (Å²) in [4.78, 5) is 12.1. The summed E-state index contributed by atoms with van der Waals surface area (Å²) in [6.45, 7) is 0. The molecule has 0 bridgehead atoms. The Hall–Kier alpha value is -2.01. The molecule has 2 aromatic carbocycles. The van der Waals surface area contributed by atoms with Crippen molar-refractivity contribution in [2.45, 2.75) is 0 Å². The number of anilines is 2. The molecule has 3 N–H and O–H groups in total. The predicted octanol–water partition coefficient (Wildman–Crippen LogP) is 3.29. The fourth-order valence-electron chi connectivity index (χ4n) is 1.61. The number of hydrogen-bond donors (Lipinski definition) is 2. The van der Waals surface area contributed by atoms with Gasteiger partial charge in [0.2, 0.25) is 0 Å². The number of carbonyl (C=O) groups is 1. The molecular weight excluding hydrogens is 308 g/mol. The van der Waals surface area contributed by atoms with E-state index in [0.29, 0.717) is 22.7 Å². The molecule has 0 saturated heterocycles. The molecular formula is C14H13BrN2O2. The Balaban J connectivity index is 2.21. The maximum absolute atomic E-state index is 12.1. The van der Waals surface area contributed by atoms with Crippen LogP contribution in [0.4, 0.5) is 11.4 Å². The minimum absolute atomic E-state index is 0.221. The van der Waals surface area contributed by atoms with Gasteiger partial charge in [-0.15, -0.1) is 0 Å². The first-order valence-electron chi connectivity index (χ1n) is 5.61. The molecule has 0 aliphatic rings. The van der Waals surface area contributed by atoms with E-state index >= 15 is 0 Å². The normalized spacial score (nSPS) is 10.0. The molecule has 1 amide bonds. The molecule has 0 aliphatic heterocycles. The molecule has 0 spiro atoms. The first-order chi connectivity index (χ1) is 9.11. The minimum Gasteiger partial charge on any atom is -0.496 e. The van der Waals surface area contributed by atoms with Crippen molar-refractivity contribution >= 4 is 33.2 Å². The van der Waals surface area contributed by atoms with Crippen molar-refractivity contribution in [3.05, 3.63) is 52.5 Å². The summed E-state index contributed by atoms with van der Waals surface area (Å²) in [5.74, 6) is 0.456. The van der Waals surface area contributed by atoms with Crippen LogP contribution < -0.4 is 15.8 Å². The van der Waals surface area contributed by atoms with Crippen LogP contribution in [0.25, 0.3) is 0 Å². The predicted molar refractivity (Wildman–Crippen MR) is 79.5 cm³/mol. The standard InChI is InChI=1S/C14H13BrN2O2/c1-19-13-7-6-9(8-10(13)15)14(18)17-12-5-3-2-4-11(12)16/h2-8H,16H2,1H3,(H,17,18). The zero-order valence-electron chi connectivity index (χ0n) is 10.3. The van der Waals surface area contributed by atoms with E-state index in [1.54, 1.807) is 37.4 Å². The maximum atomic E-state index is 12.1. The van der Waals surface area contributed by atoms with Gasteiger partial charge in [-0.1, -0.05) is 12.1 Å². The second-order valence-electron chi connectivity index (χ2n) is 3.89. The van der Waals surface area contributed by atoms with Crippen molar-refractivity contribution in [3.63, 3.8) is 0 Å². The maximum Gasteiger partial charge on any atom is 0.255 e. The third-order valence-electron chi connectivity index (χ3n) is 2.62. The monoisotopic (exact) mass is 320 g/mol. The van der Waals surface area contributed by atoms with E-state index in [1.165, 1.54) is 0 Å². The number of methoxy groups -OCH3 is 1. The highest BCUT2D eigenvalue weighted by molar-refractivity contribution is 9.10. The fourth-order valence-corrected chi connectivity index (χ4v) is 2.15. The smallest absolute Gasteiger partial charge is 0.255 e. The Morgan fingerprint density at radius 2 is 2.00 bits per heavy atom. The summed E-state index contributed by atoms with van der Waals surface area (Å²) in [7, 11) is 1.57. The molecule has 19 heavy (non-hydrogen) atoms. The first kappa shape index (κ1) is 13.4. The number of para-hydroxylation sites is 2. The molecule has 5 heteroatoms. The molecule has 0 fully saturated rings. The van der Waals surface area contributed by atoms with Gasteiger partial charge in [0, 0.05) is 5.56 Å². The van der Waals surface area contributed by atoms with Crippen molar-refractivity contribution < 1.29 is 9.53 Å². The number of benzene rings is 2. The summed E-state index contributed by atoms with van der Waals surface area (Å²) < 4.78 is 5.84. The van der Waals surface area contributed by atoms with Gasteiger partial charge in [-0.3, -0.25) is 4.79 Å². The van der Waals surface area contributed by atoms with Gasteiger partial charge in [0.1, 0.15) is 5.75 Å². The number of ether oxygens (including phenoxy) is 1. The van der Waals surface area contributed by atoms with E-state index in [4.69, 9.17) is 10.5 Å². The second kappa shape index (κ2) is 5.75. The van der Waals surface area contributed by atoms with Gasteiger partial charge >= 0.3 is 0 Å². The summed E-state index contributed by atoms with van der Waals surface area (Å²) in [6, 6.07) is 12.2. The van der Waals surface area contributed by atoms with E-state index in [9.17, 15) is 4.79 Å². The lowest BCUT2D eigenvalue weighted by Gasteiger charge is -2.09. The largest absolute Gasteiger partial charge is 0.496 e. The lowest BCUT2D eigenvalue weighted by atomic mass is 10.2. The van der Waals surface area contributed by atoms with Gasteiger partial charge in [0.15, 0.2) is 0 Å². The Morgan fingerprint density at radius 3 is 2.63 bits per heavy atom. The summed E-state index contributed by atoms with van der Waals surface area (Å²) in [6.07, 6.45) is 0. The number of hydrogen-bond acceptors (Lipinski definition) is 3. The molecule has 98 valence electrons. The van der Waals surface area contributed by atoms with Crippen LogP contribution in [0.3, 0.4) is 0 Å². The highest BCUT2D eigenvalue weighted by atomic mass is 79.9. The number of amides is 1. The van der Waals surface area contributed by atoms with Gasteiger partial charge in [-0.05, 0) is 46.3 Å². The fraction of sp³-hybridized carbons (Fsp3) is 0.0714. The quantitative estimate of drug-likeness (QED) is 0.853. The molecule has 2 rings (SSSR count). The van der Waals surface area contributed by atoms with Crippen LogP contribution in [0, 0.1) is 0 Å². The van der Waals surface area contributed by atoms with Crippen LogP contribution in [-0.4, -0.2) is 13.0 Å². The van der Waals surface area contributed by atoms with Crippen molar-refractivity contribution in [1.82, 2.24) is 0 Å². The average Bonchev–Trinajstić information content (AvgIpc) is 2.41. The van der Waals surface area contributed by atoms with E-state index in [-0.39, 0.29) is 5.91 Å². The van der Waals surface area contributed by atoms with Crippen LogP contribution >= 0.6 is 15.9 Å². The molecule has 2 aromatic rings. The van der Waals surface area contributed by atoms with Crippen LogP contribution in [0.1, 0.15) is 10.4 Å². The number of carbonyl (C=O) groups excluding carboxylic acids is 1. The van der Waals surface area contributed by atoms with Gasteiger partial charge in [-0.25, -0.2) is 0 Å². The summed E-state index contributed by atoms with van der Waals surface area (Å²) >= 11 is 3.35. The molecule has 0 saturated carbocycles. The van der Waals surface area contributed by atoms with Crippen LogP contribution in [0.2, 0.25) is 0 Å². The molecule has 4 nitrogen and oxygen atoms in total. The average molecular weight is 321 g/mol. The topological polar surface area (TPSA) is 64.3 Å². The third-order valence-corrected chi connectivity index (χ3v) is 3.24. The first-order valence-corrected chi connectivity index (χ1v) is 6.40. The molecule has 0 radical (unpaired) electrons. The SMILES string of the molecule is COc1ccc(C(=O)Nc2ccccc2N)cc1Br. The number of rotatable bonds is 3. The van der Waals surface area contributed by atoms with Gasteiger partial charge in [-0.2, -0.15) is 0 Å². The van der Waals surface area contributed by atoms with Crippen molar-refractivity contribution in [2.24, 2.45) is 0 Å². The van der Waals surface area contributed by atoms with Gasteiger partial charge < -0.3 is 15.8 Å². The molecule has 0 aliphatic carbocycles. The van der Waals surface area contributed by atoms with Gasteiger partial charge in [0.25, 0.3) is 5.91 Å². The minimum atomic E-state index is -0.221. The molecule has 0 unspecified atom stereocenters. The van der Waals surface area contributed by atoms with Crippen LogP contribution in [-0.2, 0) is 0 Å². The Bertz CT molecular complexity index is 614. The number of halogens is 1. The highest BCUT2D eigenvalue weighted by Crippen LogP contribution is 2.26. The van der Waals surface area contributed by atoms with E-state index in [0.717, 1.165) is 4.47 Å². The van der Waals surface area contributed by atoms with E-state index in [2.05, 4.69) is 21.2 Å². The van der Waals surface area contributed by atoms with Crippen LogP contribution in [0.15, 0.2) is 46.9 Å². The zero-order valence-corrected chi connectivity index (χ0v) is 11.9.